The number of benzene rings is 1. The molecule has 5 heteroatoms. The van der Waals surface area contributed by atoms with Crippen LogP contribution in [-0.2, 0) is 11.0 Å². The molecule has 1 aromatic rings. The lowest BCUT2D eigenvalue weighted by Gasteiger charge is -2.14. The van der Waals surface area contributed by atoms with E-state index in [0.29, 0.717) is 25.7 Å². The first-order chi connectivity index (χ1) is 9.81. The lowest BCUT2D eigenvalue weighted by atomic mass is 9.88. The summed E-state index contributed by atoms with van der Waals surface area (Å²) in [6, 6.07) is 4.04. The zero-order chi connectivity index (χ0) is 16.0. The maximum absolute atomic E-state index is 12.5. The van der Waals surface area contributed by atoms with Crippen molar-refractivity contribution in [1.29, 1.82) is 0 Å². The third-order valence-corrected chi connectivity index (χ3v) is 3.28. The summed E-state index contributed by atoms with van der Waals surface area (Å²) in [5.41, 5.74) is -0.642. The second-order valence-electron chi connectivity index (χ2n) is 5.00. The summed E-state index contributed by atoms with van der Waals surface area (Å²) in [6.07, 6.45) is -2.36. The number of hydrogen-bond acceptors (Lipinski definition) is 2. The Bertz CT molecular complexity index is 489. The van der Waals surface area contributed by atoms with Crippen molar-refractivity contribution in [2.24, 2.45) is 5.92 Å². The maximum atomic E-state index is 12.5. The van der Waals surface area contributed by atoms with Crippen molar-refractivity contribution < 1.29 is 22.8 Å². The van der Waals surface area contributed by atoms with E-state index in [1.165, 1.54) is 0 Å². The monoisotopic (exact) mass is 300 g/mol. The smallest absolute Gasteiger partial charge is 0.299 e. The van der Waals surface area contributed by atoms with E-state index in [0.717, 1.165) is 24.3 Å². The Balaban J connectivity index is 2.96. The van der Waals surface area contributed by atoms with Crippen molar-refractivity contribution in [3.05, 3.63) is 35.4 Å². The summed E-state index contributed by atoms with van der Waals surface area (Å²) in [5, 5.41) is 0. The predicted molar refractivity (Wildman–Crippen MR) is 74.1 cm³/mol. The maximum Gasteiger partial charge on any atom is 0.416 e. The highest BCUT2D eigenvalue weighted by Gasteiger charge is 2.31. The molecule has 0 heterocycles. The van der Waals surface area contributed by atoms with E-state index in [2.05, 4.69) is 0 Å². The Morgan fingerprint density at radius 3 is 2.05 bits per heavy atom. The quantitative estimate of drug-likeness (QED) is 0.541. The summed E-state index contributed by atoms with van der Waals surface area (Å²) in [4.78, 5) is 24.3. The van der Waals surface area contributed by atoms with Crippen LogP contribution in [0.4, 0.5) is 13.2 Å². The van der Waals surface area contributed by atoms with E-state index in [1.807, 2.05) is 13.8 Å². The first-order valence-corrected chi connectivity index (χ1v) is 7.05. The number of Topliss-reactive ketones (excluding diaryl/α,β-unsaturated/α-hetero) is 2. The molecule has 0 aliphatic rings. The number of rotatable bonds is 7. The molecule has 0 saturated carbocycles. The van der Waals surface area contributed by atoms with E-state index in [1.54, 1.807) is 0 Å². The van der Waals surface area contributed by atoms with Gasteiger partial charge in [0, 0.05) is 12.0 Å². The number of alkyl halides is 3. The largest absolute Gasteiger partial charge is 0.416 e. The van der Waals surface area contributed by atoms with Gasteiger partial charge in [-0.05, 0) is 25.0 Å². The second kappa shape index (κ2) is 7.38. The molecule has 0 fully saturated rings. The van der Waals surface area contributed by atoms with E-state index in [9.17, 15) is 22.8 Å². The van der Waals surface area contributed by atoms with E-state index >= 15 is 0 Å². The minimum atomic E-state index is -4.43. The number of halogens is 3. The Morgan fingerprint density at radius 1 is 1.05 bits per heavy atom. The van der Waals surface area contributed by atoms with Crippen LogP contribution in [0.1, 0.15) is 55.5 Å². The van der Waals surface area contributed by atoms with Crippen molar-refractivity contribution in [2.45, 2.75) is 45.7 Å². The Labute approximate surface area is 122 Å². The first-order valence-electron chi connectivity index (χ1n) is 7.05. The highest BCUT2D eigenvalue weighted by Crippen LogP contribution is 2.29. The molecular formula is C16H19F3O2. The van der Waals surface area contributed by atoms with Gasteiger partial charge in [-0.2, -0.15) is 13.2 Å². The molecule has 0 aliphatic carbocycles. The third kappa shape index (κ3) is 4.69. The molecule has 0 spiro atoms. The van der Waals surface area contributed by atoms with Gasteiger partial charge in [-0.1, -0.05) is 32.4 Å². The van der Waals surface area contributed by atoms with Gasteiger partial charge in [-0.3, -0.25) is 9.59 Å². The Morgan fingerprint density at radius 2 is 1.62 bits per heavy atom. The molecule has 0 N–H and O–H groups in total. The minimum absolute atomic E-state index is 0.135. The Kier molecular flexibility index (Phi) is 6.12. The van der Waals surface area contributed by atoms with Gasteiger partial charge < -0.3 is 0 Å². The predicted octanol–water partition coefficient (Wildman–Crippen LogP) is 4.67. The van der Waals surface area contributed by atoms with E-state index in [4.69, 9.17) is 0 Å². The molecule has 0 aromatic heterocycles. The number of carbonyl (C=O) groups is 2. The number of ketones is 2. The lowest BCUT2D eigenvalue weighted by molar-refractivity contribution is -0.137. The first kappa shape index (κ1) is 17.4. The normalized spacial score (nSPS) is 13.0. The molecule has 1 rings (SSSR count). The van der Waals surface area contributed by atoms with Gasteiger partial charge in [-0.15, -0.1) is 0 Å². The second-order valence-corrected chi connectivity index (χ2v) is 5.00. The fourth-order valence-electron chi connectivity index (χ4n) is 2.17. The SMILES string of the molecule is CCCC(=O)C(CCC)C(=O)c1ccc(C(F)(F)F)cc1. The van der Waals surface area contributed by atoms with Crippen LogP contribution < -0.4 is 0 Å². The van der Waals surface area contributed by atoms with Crippen LogP contribution in [0.5, 0.6) is 0 Å². The van der Waals surface area contributed by atoms with Crippen LogP contribution in [0.25, 0.3) is 0 Å². The van der Waals surface area contributed by atoms with Crippen LogP contribution in [0.15, 0.2) is 24.3 Å². The lowest BCUT2D eigenvalue weighted by Crippen LogP contribution is -2.24. The average Bonchev–Trinajstić information content (AvgIpc) is 2.43. The van der Waals surface area contributed by atoms with Crippen LogP contribution in [0.2, 0.25) is 0 Å². The van der Waals surface area contributed by atoms with Gasteiger partial charge in [0.05, 0.1) is 11.5 Å². The fraction of sp³-hybridized carbons (Fsp3) is 0.500. The standard InChI is InChI=1S/C16H19F3O2/c1-3-5-13(14(20)6-4-2)15(21)11-7-9-12(10-8-11)16(17,18)19/h7-10,13H,3-6H2,1-2H3. The fourth-order valence-corrected chi connectivity index (χ4v) is 2.17. The molecule has 0 bridgehead atoms. The zero-order valence-corrected chi connectivity index (χ0v) is 12.2. The summed E-state index contributed by atoms with van der Waals surface area (Å²) in [5.74, 6) is -1.26. The van der Waals surface area contributed by atoms with Gasteiger partial charge in [0.25, 0.3) is 0 Å². The van der Waals surface area contributed by atoms with Crippen molar-refractivity contribution in [1.82, 2.24) is 0 Å². The number of carbonyl (C=O) groups excluding carboxylic acids is 2. The van der Waals surface area contributed by atoms with Gasteiger partial charge in [-0.25, -0.2) is 0 Å². The molecule has 0 amide bonds. The molecule has 1 aromatic carbocycles. The molecule has 2 nitrogen and oxygen atoms in total. The van der Waals surface area contributed by atoms with Crippen LogP contribution in [0, 0.1) is 5.92 Å². The molecule has 1 unspecified atom stereocenters. The zero-order valence-electron chi connectivity index (χ0n) is 12.2. The molecule has 0 saturated heterocycles. The minimum Gasteiger partial charge on any atom is -0.299 e. The van der Waals surface area contributed by atoms with Crippen molar-refractivity contribution in [3.63, 3.8) is 0 Å². The summed E-state index contributed by atoms with van der Waals surface area (Å²) in [6.45, 7) is 3.72. The Hall–Kier alpha value is -1.65. The molecular weight excluding hydrogens is 281 g/mol. The molecule has 1 atom stereocenters. The third-order valence-electron chi connectivity index (χ3n) is 3.28. The van der Waals surface area contributed by atoms with Gasteiger partial charge >= 0.3 is 6.18 Å². The van der Waals surface area contributed by atoms with Gasteiger partial charge in [0.15, 0.2) is 5.78 Å². The van der Waals surface area contributed by atoms with Crippen molar-refractivity contribution in [3.8, 4) is 0 Å². The van der Waals surface area contributed by atoms with Crippen molar-refractivity contribution >= 4 is 11.6 Å². The van der Waals surface area contributed by atoms with E-state index < -0.39 is 17.7 Å². The molecule has 21 heavy (non-hydrogen) atoms. The average molecular weight is 300 g/mol. The van der Waals surface area contributed by atoms with Crippen molar-refractivity contribution in [2.75, 3.05) is 0 Å². The topological polar surface area (TPSA) is 34.1 Å². The summed E-state index contributed by atoms with van der Waals surface area (Å²) >= 11 is 0. The molecule has 0 radical (unpaired) electrons. The highest BCUT2D eigenvalue weighted by atomic mass is 19.4. The highest BCUT2D eigenvalue weighted by molar-refractivity contribution is 6.10. The van der Waals surface area contributed by atoms with Gasteiger partial charge in [0.1, 0.15) is 5.78 Å². The van der Waals surface area contributed by atoms with Crippen LogP contribution in [-0.4, -0.2) is 11.6 Å². The number of hydrogen-bond donors (Lipinski definition) is 0. The van der Waals surface area contributed by atoms with Crippen LogP contribution >= 0.6 is 0 Å². The van der Waals surface area contributed by atoms with Crippen LogP contribution in [0.3, 0.4) is 0 Å². The molecule has 116 valence electrons. The van der Waals surface area contributed by atoms with E-state index in [-0.39, 0.29) is 17.1 Å². The van der Waals surface area contributed by atoms with Gasteiger partial charge in [0.2, 0.25) is 0 Å². The summed E-state index contributed by atoms with van der Waals surface area (Å²) < 4.78 is 37.5. The molecule has 0 aliphatic heterocycles. The summed E-state index contributed by atoms with van der Waals surface area (Å²) in [7, 11) is 0.